The quantitative estimate of drug-likeness (QED) is 0.484. The first-order chi connectivity index (χ1) is 15.7. The van der Waals surface area contributed by atoms with Crippen LogP contribution < -0.4 is 9.47 Å². The molecule has 2 fully saturated rings. The van der Waals surface area contributed by atoms with Gasteiger partial charge in [-0.2, -0.15) is 0 Å². The van der Waals surface area contributed by atoms with Crippen LogP contribution in [0.2, 0.25) is 0 Å². The Morgan fingerprint density at radius 3 is 2.47 bits per heavy atom. The number of aliphatic hydroxyl groups is 2. The van der Waals surface area contributed by atoms with Crippen LogP contribution >= 0.6 is 0 Å². The average Bonchev–Trinajstić information content (AvgIpc) is 3.03. The molecule has 0 aromatic heterocycles. The maximum atomic E-state index is 13.9. The molecule has 1 aromatic rings. The summed E-state index contributed by atoms with van der Waals surface area (Å²) in [6.07, 6.45) is 6.85. The molecule has 0 spiro atoms. The molecule has 0 amide bonds. The second-order valence-corrected chi connectivity index (χ2v) is 12.0. The first kappa shape index (κ1) is 26.7. The molecule has 3 rings (SSSR count). The molecule has 0 bridgehead atoms. The third kappa shape index (κ3) is 4.92. The van der Waals surface area contributed by atoms with E-state index in [0.717, 1.165) is 47.5 Å². The number of benzene rings is 1. The van der Waals surface area contributed by atoms with Crippen molar-refractivity contribution in [1.29, 1.82) is 0 Å². The number of aryl methyl sites for hydroxylation is 1. The van der Waals surface area contributed by atoms with Gasteiger partial charge in [0, 0.05) is 11.0 Å². The summed E-state index contributed by atoms with van der Waals surface area (Å²) < 4.78 is 11.1. The molecule has 2 unspecified atom stereocenters. The van der Waals surface area contributed by atoms with Gasteiger partial charge in [0.2, 0.25) is 0 Å². The maximum absolute atomic E-state index is 13.9. The molecule has 2 N–H and O–H groups in total. The van der Waals surface area contributed by atoms with Crippen molar-refractivity contribution >= 4 is 5.78 Å². The number of methoxy groups -OCH3 is 2. The molecule has 34 heavy (non-hydrogen) atoms. The van der Waals surface area contributed by atoms with Gasteiger partial charge in [-0.15, -0.1) is 0 Å². The van der Waals surface area contributed by atoms with E-state index in [4.69, 9.17) is 9.47 Å². The fourth-order valence-corrected chi connectivity index (χ4v) is 6.72. The van der Waals surface area contributed by atoms with Gasteiger partial charge in [-0.3, -0.25) is 4.79 Å². The van der Waals surface area contributed by atoms with Crippen molar-refractivity contribution in [2.45, 2.75) is 97.7 Å². The van der Waals surface area contributed by atoms with Crippen LogP contribution in [-0.2, 0) is 11.2 Å². The van der Waals surface area contributed by atoms with Gasteiger partial charge >= 0.3 is 0 Å². The summed E-state index contributed by atoms with van der Waals surface area (Å²) in [4.78, 5) is 13.9. The van der Waals surface area contributed by atoms with Crippen molar-refractivity contribution in [1.82, 2.24) is 0 Å². The Hall–Kier alpha value is -1.85. The van der Waals surface area contributed by atoms with Gasteiger partial charge in [0.15, 0.2) is 0 Å². The van der Waals surface area contributed by atoms with E-state index in [2.05, 4.69) is 19.9 Å². The summed E-state index contributed by atoms with van der Waals surface area (Å²) >= 11 is 0. The summed E-state index contributed by atoms with van der Waals surface area (Å²) in [6.45, 7) is 11.7. The number of rotatable bonds is 8. The molecule has 2 aliphatic rings. The van der Waals surface area contributed by atoms with Crippen molar-refractivity contribution in [3.8, 4) is 11.5 Å². The molecule has 2 saturated carbocycles. The summed E-state index contributed by atoms with van der Waals surface area (Å²) in [5.41, 5.74) is 0.210. The van der Waals surface area contributed by atoms with Crippen LogP contribution in [-0.4, -0.2) is 41.4 Å². The molecule has 0 radical (unpaired) electrons. The normalized spacial score (nSPS) is 32.0. The van der Waals surface area contributed by atoms with Crippen molar-refractivity contribution in [3.05, 3.63) is 34.9 Å². The lowest BCUT2D eigenvalue weighted by Crippen LogP contribution is -2.60. The summed E-state index contributed by atoms with van der Waals surface area (Å²) in [5, 5.41) is 22.7. The second kappa shape index (κ2) is 9.31. The topological polar surface area (TPSA) is 76.0 Å². The van der Waals surface area contributed by atoms with Gasteiger partial charge in [-0.25, -0.2) is 0 Å². The number of carbonyl (C=O) groups is 1. The van der Waals surface area contributed by atoms with Gasteiger partial charge in [0.25, 0.3) is 0 Å². The second-order valence-electron chi connectivity index (χ2n) is 12.0. The Morgan fingerprint density at radius 1 is 1.21 bits per heavy atom. The highest BCUT2D eigenvalue weighted by atomic mass is 16.5. The summed E-state index contributed by atoms with van der Waals surface area (Å²) in [5.74, 6) is 1.17. The fourth-order valence-electron chi connectivity index (χ4n) is 6.72. The monoisotopic (exact) mass is 472 g/mol. The average molecular weight is 473 g/mol. The van der Waals surface area contributed by atoms with E-state index < -0.39 is 22.5 Å². The van der Waals surface area contributed by atoms with Crippen LogP contribution in [0.1, 0.15) is 84.3 Å². The van der Waals surface area contributed by atoms with E-state index >= 15 is 0 Å². The van der Waals surface area contributed by atoms with Gasteiger partial charge in [-0.05, 0) is 89.3 Å². The predicted octanol–water partition coefficient (Wildman–Crippen LogP) is 5.57. The molecular formula is C29H44O5. The first-order valence-electron chi connectivity index (χ1n) is 12.5. The molecule has 5 nitrogen and oxygen atoms in total. The number of allylic oxidation sites excluding steroid dienone is 1. The van der Waals surface area contributed by atoms with E-state index in [-0.39, 0.29) is 17.6 Å². The number of hydrogen-bond acceptors (Lipinski definition) is 5. The Labute approximate surface area is 205 Å². The van der Waals surface area contributed by atoms with Crippen LogP contribution in [0.15, 0.2) is 23.8 Å². The number of Topliss-reactive ketones (excluding diaryl/α,β-unsaturated/α-hetero) is 1. The van der Waals surface area contributed by atoms with Crippen molar-refractivity contribution in [3.63, 3.8) is 0 Å². The molecule has 0 heterocycles. The Bertz CT molecular complexity index is 958. The SMILES string of the molecule is COc1cc(C)c(OC)c(C/C=C(\C)CC2(O)C[C@@]3(C)CCC[C@@]3(C)C(=O)C2CC(C)(C)O)c1. The fraction of sp³-hybridized carbons (Fsp3) is 0.690. The predicted molar refractivity (Wildman–Crippen MR) is 135 cm³/mol. The van der Waals surface area contributed by atoms with Crippen molar-refractivity contribution in [2.24, 2.45) is 16.7 Å². The number of hydrogen-bond donors (Lipinski definition) is 2. The van der Waals surface area contributed by atoms with Crippen LogP contribution in [0, 0.1) is 23.7 Å². The largest absolute Gasteiger partial charge is 0.497 e. The number of carbonyl (C=O) groups excluding carboxylic acids is 1. The zero-order valence-corrected chi connectivity index (χ0v) is 22.4. The third-order valence-electron chi connectivity index (χ3n) is 8.67. The summed E-state index contributed by atoms with van der Waals surface area (Å²) in [6, 6.07) is 3.94. The highest BCUT2D eigenvalue weighted by Crippen LogP contribution is 2.63. The standard InChI is InChI=1S/C29H44O5/c1-19(10-11-21-15-22(33-7)14-20(2)24(21)34-8)16-29(32)18-27(5)12-9-13-28(27,6)25(30)23(29)17-26(3,4)31/h10,14-15,23,31-32H,9,11-13,16-18H2,1-8H3/b19-10+/t23?,27-,28+,29?/m1/s1. The zero-order valence-electron chi connectivity index (χ0n) is 22.4. The lowest BCUT2D eigenvalue weighted by atomic mass is 9.50. The van der Waals surface area contributed by atoms with Gasteiger partial charge in [0.1, 0.15) is 17.3 Å². The minimum Gasteiger partial charge on any atom is -0.497 e. The molecule has 2 aliphatic carbocycles. The van der Waals surface area contributed by atoms with E-state index in [1.807, 2.05) is 26.0 Å². The Balaban J connectivity index is 1.91. The first-order valence-corrected chi connectivity index (χ1v) is 12.5. The summed E-state index contributed by atoms with van der Waals surface area (Å²) in [7, 11) is 3.33. The number of fused-ring (bicyclic) bond motifs is 1. The zero-order chi connectivity index (χ0) is 25.5. The van der Waals surface area contributed by atoms with E-state index in [1.165, 1.54) is 0 Å². The molecule has 190 valence electrons. The van der Waals surface area contributed by atoms with Crippen LogP contribution in [0.5, 0.6) is 11.5 Å². The Kier molecular flexibility index (Phi) is 7.32. The molecule has 5 heteroatoms. The van der Waals surface area contributed by atoms with Gasteiger partial charge in [-0.1, -0.05) is 31.9 Å². The van der Waals surface area contributed by atoms with Crippen molar-refractivity contribution in [2.75, 3.05) is 14.2 Å². The third-order valence-corrected chi connectivity index (χ3v) is 8.67. The van der Waals surface area contributed by atoms with Gasteiger partial charge in [0.05, 0.1) is 31.3 Å². The van der Waals surface area contributed by atoms with E-state index in [0.29, 0.717) is 19.3 Å². The lowest BCUT2D eigenvalue weighted by molar-refractivity contribution is -0.175. The maximum Gasteiger partial charge on any atom is 0.145 e. The lowest BCUT2D eigenvalue weighted by Gasteiger charge is -2.55. The highest BCUT2D eigenvalue weighted by Gasteiger charge is 2.64. The van der Waals surface area contributed by atoms with Crippen LogP contribution in [0.3, 0.4) is 0 Å². The molecule has 0 aliphatic heterocycles. The van der Waals surface area contributed by atoms with Crippen LogP contribution in [0.4, 0.5) is 0 Å². The number of ketones is 1. The molecule has 1 aromatic carbocycles. The van der Waals surface area contributed by atoms with Crippen molar-refractivity contribution < 1.29 is 24.5 Å². The van der Waals surface area contributed by atoms with Crippen LogP contribution in [0.25, 0.3) is 0 Å². The Morgan fingerprint density at radius 2 is 1.88 bits per heavy atom. The van der Waals surface area contributed by atoms with Gasteiger partial charge < -0.3 is 19.7 Å². The smallest absolute Gasteiger partial charge is 0.145 e. The minimum atomic E-state index is -1.18. The molecule has 4 atom stereocenters. The van der Waals surface area contributed by atoms with E-state index in [1.54, 1.807) is 28.1 Å². The highest BCUT2D eigenvalue weighted by molar-refractivity contribution is 5.90. The van der Waals surface area contributed by atoms with E-state index in [9.17, 15) is 15.0 Å². The minimum absolute atomic E-state index is 0.126. The number of ether oxygens (including phenoxy) is 2. The molecular weight excluding hydrogens is 428 g/mol. The molecule has 0 saturated heterocycles.